The molecule has 0 N–H and O–H groups in total. The maximum Gasteiger partial charge on any atom is 0.573 e. The van der Waals surface area contributed by atoms with E-state index in [0.29, 0.717) is 6.07 Å². The SMILES string of the molecule is FC(F)(F)Oc1cc(S)cc(OC(F)(F)F)c1. The molecule has 0 aliphatic heterocycles. The van der Waals surface area contributed by atoms with Gasteiger partial charge in [0, 0.05) is 11.0 Å². The van der Waals surface area contributed by atoms with E-state index < -0.39 is 24.2 Å². The maximum atomic E-state index is 11.8. The summed E-state index contributed by atoms with van der Waals surface area (Å²) in [6.07, 6.45) is -10.0. The molecule has 0 saturated heterocycles. The van der Waals surface area contributed by atoms with E-state index in [1.807, 2.05) is 0 Å². The third-order valence-electron chi connectivity index (χ3n) is 1.33. The smallest absolute Gasteiger partial charge is 0.406 e. The Morgan fingerprint density at radius 1 is 0.765 bits per heavy atom. The number of alkyl halides is 6. The van der Waals surface area contributed by atoms with E-state index in [9.17, 15) is 26.3 Å². The second-order valence-corrected chi connectivity index (χ2v) is 3.27. The van der Waals surface area contributed by atoms with Gasteiger partial charge in [-0.3, -0.25) is 0 Å². The van der Waals surface area contributed by atoms with Crippen molar-refractivity contribution in [2.24, 2.45) is 0 Å². The Bertz CT molecular complexity index is 366. The Labute approximate surface area is 96.5 Å². The highest BCUT2D eigenvalue weighted by Gasteiger charge is 2.33. The van der Waals surface area contributed by atoms with Gasteiger partial charge < -0.3 is 9.47 Å². The van der Waals surface area contributed by atoms with Crippen LogP contribution in [0.3, 0.4) is 0 Å². The van der Waals surface area contributed by atoms with E-state index >= 15 is 0 Å². The van der Waals surface area contributed by atoms with E-state index in [1.54, 1.807) is 0 Å². The zero-order chi connectivity index (χ0) is 13.3. The summed E-state index contributed by atoms with van der Waals surface area (Å²) in [5, 5.41) is 0. The average Bonchev–Trinajstić information content (AvgIpc) is 1.93. The molecule has 1 aromatic carbocycles. The Hall–Kier alpha value is -1.25. The summed E-state index contributed by atoms with van der Waals surface area (Å²) in [7, 11) is 0. The Kier molecular flexibility index (Phi) is 3.70. The first-order valence-electron chi connectivity index (χ1n) is 3.91. The van der Waals surface area contributed by atoms with Crippen LogP contribution in [0.1, 0.15) is 0 Å². The number of hydrogen-bond acceptors (Lipinski definition) is 3. The van der Waals surface area contributed by atoms with Crippen molar-refractivity contribution in [3.8, 4) is 11.5 Å². The summed E-state index contributed by atoms with van der Waals surface area (Å²) in [6, 6.07) is 2.07. The first kappa shape index (κ1) is 13.8. The summed E-state index contributed by atoms with van der Waals surface area (Å²) >= 11 is 3.63. The number of rotatable bonds is 2. The van der Waals surface area contributed by atoms with Crippen LogP contribution in [-0.4, -0.2) is 12.7 Å². The van der Waals surface area contributed by atoms with E-state index in [1.165, 1.54) is 0 Å². The van der Waals surface area contributed by atoms with E-state index in [2.05, 4.69) is 22.1 Å². The van der Waals surface area contributed by atoms with Gasteiger partial charge in [-0.1, -0.05) is 0 Å². The van der Waals surface area contributed by atoms with Gasteiger partial charge in [-0.15, -0.1) is 39.0 Å². The highest BCUT2D eigenvalue weighted by atomic mass is 32.1. The zero-order valence-corrected chi connectivity index (χ0v) is 8.66. The van der Waals surface area contributed by atoms with Gasteiger partial charge >= 0.3 is 12.7 Å². The van der Waals surface area contributed by atoms with Gasteiger partial charge in [0.2, 0.25) is 0 Å². The number of hydrogen-bond donors (Lipinski definition) is 1. The molecular weight excluding hydrogens is 274 g/mol. The third-order valence-corrected chi connectivity index (χ3v) is 1.59. The molecule has 0 aromatic heterocycles. The third kappa shape index (κ3) is 5.57. The second-order valence-electron chi connectivity index (χ2n) is 2.76. The van der Waals surface area contributed by atoms with Crippen molar-refractivity contribution in [2.45, 2.75) is 17.6 Å². The van der Waals surface area contributed by atoms with Gasteiger partial charge in [-0.2, -0.15) is 0 Å². The Morgan fingerprint density at radius 2 is 1.12 bits per heavy atom. The van der Waals surface area contributed by atoms with Gasteiger partial charge in [0.25, 0.3) is 0 Å². The molecule has 0 amide bonds. The number of thiol groups is 1. The highest BCUT2D eigenvalue weighted by molar-refractivity contribution is 7.80. The van der Waals surface area contributed by atoms with Crippen molar-refractivity contribution in [1.82, 2.24) is 0 Å². The van der Waals surface area contributed by atoms with E-state index in [-0.39, 0.29) is 4.90 Å². The lowest BCUT2D eigenvalue weighted by atomic mass is 10.3. The van der Waals surface area contributed by atoms with E-state index in [0.717, 1.165) is 12.1 Å². The highest BCUT2D eigenvalue weighted by Crippen LogP contribution is 2.32. The first-order chi connectivity index (χ1) is 7.55. The second kappa shape index (κ2) is 4.55. The fourth-order valence-electron chi connectivity index (χ4n) is 0.942. The van der Waals surface area contributed by atoms with Crippen LogP contribution in [0.25, 0.3) is 0 Å². The van der Waals surface area contributed by atoms with Gasteiger partial charge in [-0.05, 0) is 12.1 Å². The Morgan fingerprint density at radius 3 is 1.41 bits per heavy atom. The van der Waals surface area contributed by atoms with Crippen molar-refractivity contribution in [3.63, 3.8) is 0 Å². The summed E-state index contributed by atoms with van der Waals surface area (Å²) in [6.45, 7) is 0. The molecule has 0 fully saturated rings. The molecular formula is C8H4F6O2S. The van der Waals surface area contributed by atoms with Gasteiger partial charge in [0.15, 0.2) is 0 Å². The molecule has 0 atom stereocenters. The van der Waals surface area contributed by atoms with Crippen LogP contribution >= 0.6 is 12.6 Å². The van der Waals surface area contributed by atoms with Crippen molar-refractivity contribution in [2.75, 3.05) is 0 Å². The van der Waals surface area contributed by atoms with Crippen molar-refractivity contribution < 1.29 is 35.8 Å². The van der Waals surface area contributed by atoms with Crippen LogP contribution < -0.4 is 9.47 Å². The molecule has 0 bridgehead atoms. The lowest BCUT2D eigenvalue weighted by Gasteiger charge is -2.12. The molecule has 0 unspecified atom stereocenters. The fraction of sp³-hybridized carbons (Fsp3) is 0.250. The lowest BCUT2D eigenvalue weighted by molar-refractivity contribution is -0.276. The fourth-order valence-corrected chi connectivity index (χ4v) is 1.20. The monoisotopic (exact) mass is 278 g/mol. The van der Waals surface area contributed by atoms with Crippen LogP contribution in [0.2, 0.25) is 0 Å². The quantitative estimate of drug-likeness (QED) is 0.655. The van der Waals surface area contributed by atoms with E-state index in [4.69, 9.17) is 0 Å². The van der Waals surface area contributed by atoms with Gasteiger partial charge in [0.05, 0.1) is 0 Å². The molecule has 9 heteroatoms. The molecule has 0 heterocycles. The summed E-state index contributed by atoms with van der Waals surface area (Å²) in [5.74, 6) is -1.69. The van der Waals surface area contributed by atoms with Gasteiger partial charge in [0.1, 0.15) is 11.5 Å². The minimum Gasteiger partial charge on any atom is -0.406 e. The molecule has 17 heavy (non-hydrogen) atoms. The summed E-state index contributed by atoms with van der Waals surface area (Å²) in [4.78, 5) is -0.161. The molecule has 0 spiro atoms. The van der Waals surface area contributed by atoms with Crippen molar-refractivity contribution >= 4 is 12.6 Å². The number of ether oxygens (including phenoxy) is 2. The predicted molar refractivity (Wildman–Crippen MR) is 47.1 cm³/mol. The largest absolute Gasteiger partial charge is 0.573 e. The van der Waals surface area contributed by atoms with Crippen LogP contribution in [0.15, 0.2) is 23.1 Å². The molecule has 2 nitrogen and oxygen atoms in total. The lowest BCUT2D eigenvalue weighted by Crippen LogP contribution is -2.19. The minimum atomic E-state index is -5.00. The normalized spacial score (nSPS) is 12.4. The van der Waals surface area contributed by atoms with Gasteiger partial charge in [-0.25, -0.2) is 0 Å². The average molecular weight is 278 g/mol. The summed E-state index contributed by atoms with van der Waals surface area (Å²) in [5.41, 5.74) is 0. The van der Waals surface area contributed by atoms with Crippen LogP contribution in [0, 0.1) is 0 Å². The molecule has 0 aliphatic carbocycles. The van der Waals surface area contributed by atoms with Crippen molar-refractivity contribution in [3.05, 3.63) is 18.2 Å². The standard InChI is InChI=1S/C8H4F6O2S/c9-7(10,11)15-4-1-5(3-6(17)2-4)16-8(12,13)14/h1-3,17H. The topological polar surface area (TPSA) is 18.5 Å². The van der Waals surface area contributed by atoms with Crippen LogP contribution in [-0.2, 0) is 0 Å². The van der Waals surface area contributed by atoms with Crippen LogP contribution in [0.4, 0.5) is 26.3 Å². The molecule has 1 aromatic rings. The molecule has 0 radical (unpaired) electrons. The molecule has 1 rings (SSSR count). The molecule has 96 valence electrons. The minimum absolute atomic E-state index is 0.161. The number of halogens is 6. The van der Waals surface area contributed by atoms with Crippen molar-refractivity contribution in [1.29, 1.82) is 0 Å². The number of benzene rings is 1. The predicted octanol–water partition coefficient (Wildman–Crippen LogP) is 3.77. The molecule has 0 saturated carbocycles. The van der Waals surface area contributed by atoms with Crippen LogP contribution in [0.5, 0.6) is 11.5 Å². The Balaban J connectivity index is 2.95. The first-order valence-corrected chi connectivity index (χ1v) is 4.35. The maximum absolute atomic E-state index is 11.8. The summed E-state index contributed by atoms with van der Waals surface area (Å²) < 4.78 is 77.9. The zero-order valence-electron chi connectivity index (χ0n) is 7.76. The molecule has 0 aliphatic rings.